The van der Waals surface area contributed by atoms with E-state index in [4.69, 9.17) is 0 Å². The first kappa shape index (κ1) is 8.74. The lowest BCUT2D eigenvalue weighted by atomic mass is 10.3. The van der Waals surface area contributed by atoms with Gasteiger partial charge in [0, 0.05) is 24.8 Å². The lowest BCUT2D eigenvalue weighted by Gasteiger charge is -1.98. The molecular formula is C10H10N4. The first-order chi connectivity index (χ1) is 6.84. The molecule has 0 radical (unpaired) electrons. The van der Waals surface area contributed by atoms with Crippen LogP contribution in [-0.4, -0.2) is 19.9 Å². The topological polar surface area (TPSA) is 51.6 Å². The number of aromatic nitrogens is 4. The Kier molecular flexibility index (Phi) is 2.44. The number of aryl methyl sites for hydroxylation is 1. The van der Waals surface area contributed by atoms with Crippen LogP contribution < -0.4 is 0 Å². The normalized spacial score (nSPS) is 10.1. The molecule has 14 heavy (non-hydrogen) atoms. The summed E-state index contributed by atoms with van der Waals surface area (Å²) < 4.78 is 0. The number of rotatable bonds is 2. The highest BCUT2D eigenvalue weighted by molar-refractivity contribution is 5.07. The Hall–Kier alpha value is -1.84. The quantitative estimate of drug-likeness (QED) is 0.706. The molecule has 2 rings (SSSR count). The zero-order valence-corrected chi connectivity index (χ0v) is 7.88. The smallest absolute Gasteiger partial charge is 0.134 e. The Morgan fingerprint density at radius 1 is 1.00 bits per heavy atom. The van der Waals surface area contributed by atoms with Crippen molar-refractivity contribution in [1.82, 2.24) is 19.9 Å². The van der Waals surface area contributed by atoms with E-state index in [2.05, 4.69) is 19.9 Å². The first-order valence-electron chi connectivity index (χ1n) is 4.38. The highest BCUT2D eigenvalue weighted by Crippen LogP contribution is 2.00. The van der Waals surface area contributed by atoms with E-state index in [0.717, 1.165) is 17.2 Å². The van der Waals surface area contributed by atoms with Crippen molar-refractivity contribution in [2.45, 2.75) is 13.3 Å². The second-order valence-electron chi connectivity index (χ2n) is 2.99. The fourth-order valence-corrected chi connectivity index (χ4v) is 1.09. The van der Waals surface area contributed by atoms with Gasteiger partial charge in [-0.1, -0.05) is 0 Å². The molecule has 4 heteroatoms. The van der Waals surface area contributed by atoms with Gasteiger partial charge in [0.15, 0.2) is 0 Å². The molecule has 2 heterocycles. The summed E-state index contributed by atoms with van der Waals surface area (Å²) in [7, 11) is 0. The van der Waals surface area contributed by atoms with Crippen molar-refractivity contribution < 1.29 is 0 Å². The summed E-state index contributed by atoms with van der Waals surface area (Å²) in [5.41, 5.74) is 1.81. The largest absolute Gasteiger partial charge is 0.258 e. The van der Waals surface area contributed by atoms with Gasteiger partial charge >= 0.3 is 0 Å². The number of hydrogen-bond acceptors (Lipinski definition) is 4. The van der Waals surface area contributed by atoms with E-state index in [1.165, 1.54) is 0 Å². The highest BCUT2D eigenvalue weighted by atomic mass is 14.9. The van der Waals surface area contributed by atoms with Crippen LogP contribution in [0.5, 0.6) is 0 Å². The van der Waals surface area contributed by atoms with Gasteiger partial charge in [-0.05, 0) is 13.0 Å². The Morgan fingerprint density at radius 2 is 1.79 bits per heavy atom. The van der Waals surface area contributed by atoms with Crippen LogP contribution in [0, 0.1) is 6.92 Å². The minimum absolute atomic E-state index is 0.633. The van der Waals surface area contributed by atoms with Crippen LogP contribution >= 0.6 is 0 Å². The van der Waals surface area contributed by atoms with Crippen LogP contribution in [0.3, 0.4) is 0 Å². The molecule has 0 aromatic carbocycles. The summed E-state index contributed by atoms with van der Waals surface area (Å²) in [6.07, 6.45) is 7.59. The van der Waals surface area contributed by atoms with Gasteiger partial charge in [0.05, 0.1) is 17.8 Å². The van der Waals surface area contributed by atoms with Crippen molar-refractivity contribution in [3.8, 4) is 0 Å². The zero-order chi connectivity index (χ0) is 9.80. The van der Waals surface area contributed by atoms with Crippen molar-refractivity contribution >= 4 is 0 Å². The fraction of sp³-hybridized carbons (Fsp3) is 0.200. The van der Waals surface area contributed by atoms with Gasteiger partial charge in [-0.3, -0.25) is 9.97 Å². The van der Waals surface area contributed by atoms with Crippen LogP contribution in [0.2, 0.25) is 0 Å². The monoisotopic (exact) mass is 186 g/mol. The predicted octanol–water partition coefficient (Wildman–Crippen LogP) is 1.17. The van der Waals surface area contributed by atoms with Crippen molar-refractivity contribution in [3.63, 3.8) is 0 Å². The van der Waals surface area contributed by atoms with Crippen LogP contribution in [0.15, 0.2) is 30.9 Å². The Balaban J connectivity index is 2.16. The van der Waals surface area contributed by atoms with Crippen LogP contribution in [-0.2, 0) is 6.42 Å². The Morgan fingerprint density at radius 3 is 2.43 bits per heavy atom. The van der Waals surface area contributed by atoms with E-state index in [1.807, 2.05) is 6.92 Å². The molecule has 0 N–H and O–H groups in total. The van der Waals surface area contributed by atoms with Gasteiger partial charge in [-0.25, -0.2) is 9.97 Å². The molecule has 0 amide bonds. The van der Waals surface area contributed by atoms with Crippen molar-refractivity contribution in [2.24, 2.45) is 0 Å². The number of nitrogens with zero attached hydrogens (tertiary/aromatic N) is 4. The molecule has 0 saturated carbocycles. The molecule has 0 atom stereocenters. The lowest BCUT2D eigenvalue weighted by Crippen LogP contribution is -1.98. The summed E-state index contributed by atoms with van der Waals surface area (Å²) in [5, 5.41) is 0. The van der Waals surface area contributed by atoms with Crippen LogP contribution in [0.1, 0.15) is 17.2 Å². The summed E-state index contributed by atoms with van der Waals surface area (Å²) >= 11 is 0. The molecule has 2 aromatic heterocycles. The summed E-state index contributed by atoms with van der Waals surface area (Å²) in [5.74, 6) is 0.769. The maximum Gasteiger partial charge on any atom is 0.134 e. The average Bonchev–Trinajstić information content (AvgIpc) is 2.23. The van der Waals surface area contributed by atoms with Crippen molar-refractivity contribution in [1.29, 1.82) is 0 Å². The summed E-state index contributed by atoms with van der Waals surface area (Å²) in [6, 6.07) is 1.80. The standard InChI is InChI=1S/C10H10N4/c1-8-6-14-9(7-13-8)5-10-11-3-2-4-12-10/h2-4,6-7H,5H2,1H3. The molecule has 0 aliphatic heterocycles. The van der Waals surface area contributed by atoms with E-state index < -0.39 is 0 Å². The fourth-order valence-electron chi connectivity index (χ4n) is 1.09. The maximum atomic E-state index is 4.23. The molecular weight excluding hydrogens is 176 g/mol. The van der Waals surface area contributed by atoms with E-state index in [0.29, 0.717) is 6.42 Å². The third-order valence-electron chi connectivity index (χ3n) is 1.79. The molecule has 0 aliphatic rings. The summed E-state index contributed by atoms with van der Waals surface area (Å²) in [6.45, 7) is 1.91. The van der Waals surface area contributed by atoms with Crippen LogP contribution in [0.4, 0.5) is 0 Å². The zero-order valence-electron chi connectivity index (χ0n) is 7.88. The second kappa shape index (κ2) is 3.91. The molecule has 0 aliphatic carbocycles. The summed E-state index contributed by atoms with van der Waals surface area (Å²) in [4.78, 5) is 16.6. The van der Waals surface area contributed by atoms with Gasteiger partial charge in [0.25, 0.3) is 0 Å². The predicted molar refractivity (Wildman–Crippen MR) is 51.6 cm³/mol. The van der Waals surface area contributed by atoms with E-state index >= 15 is 0 Å². The second-order valence-corrected chi connectivity index (χ2v) is 2.99. The van der Waals surface area contributed by atoms with E-state index in [-0.39, 0.29) is 0 Å². The van der Waals surface area contributed by atoms with Gasteiger partial charge in [-0.15, -0.1) is 0 Å². The van der Waals surface area contributed by atoms with Gasteiger partial charge in [0.1, 0.15) is 5.82 Å². The third kappa shape index (κ3) is 2.10. The SMILES string of the molecule is Cc1cnc(Cc2ncccn2)cn1. The molecule has 0 spiro atoms. The molecule has 0 saturated heterocycles. The minimum Gasteiger partial charge on any atom is -0.258 e. The lowest BCUT2D eigenvalue weighted by molar-refractivity contribution is 0.915. The highest BCUT2D eigenvalue weighted by Gasteiger charge is 1.99. The molecule has 2 aromatic rings. The minimum atomic E-state index is 0.633. The Bertz CT molecular complexity index is 396. The Labute approximate surface area is 82.1 Å². The van der Waals surface area contributed by atoms with Gasteiger partial charge in [-0.2, -0.15) is 0 Å². The van der Waals surface area contributed by atoms with E-state index in [1.54, 1.807) is 30.9 Å². The van der Waals surface area contributed by atoms with Gasteiger partial charge in [0.2, 0.25) is 0 Å². The number of hydrogen-bond donors (Lipinski definition) is 0. The van der Waals surface area contributed by atoms with Crippen molar-refractivity contribution in [3.05, 3.63) is 48.1 Å². The molecule has 4 nitrogen and oxygen atoms in total. The first-order valence-corrected chi connectivity index (χ1v) is 4.38. The maximum absolute atomic E-state index is 4.23. The van der Waals surface area contributed by atoms with E-state index in [9.17, 15) is 0 Å². The molecule has 0 bridgehead atoms. The van der Waals surface area contributed by atoms with Gasteiger partial charge < -0.3 is 0 Å². The average molecular weight is 186 g/mol. The molecule has 70 valence electrons. The van der Waals surface area contributed by atoms with Crippen molar-refractivity contribution in [2.75, 3.05) is 0 Å². The molecule has 0 fully saturated rings. The molecule has 0 unspecified atom stereocenters. The third-order valence-corrected chi connectivity index (χ3v) is 1.79. The van der Waals surface area contributed by atoms with Crippen LogP contribution in [0.25, 0.3) is 0 Å².